The van der Waals surface area contributed by atoms with E-state index in [-0.39, 0.29) is 17.5 Å². The Hall–Kier alpha value is -3.29. The van der Waals surface area contributed by atoms with Crippen molar-refractivity contribution in [2.24, 2.45) is 0 Å². The van der Waals surface area contributed by atoms with Crippen molar-refractivity contribution >= 4 is 11.6 Å². The number of anilines is 1. The lowest BCUT2D eigenvalue weighted by Gasteiger charge is -2.20. The predicted octanol–water partition coefficient (Wildman–Crippen LogP) is 2.77. The summed E-state index contributed by atoms with van der Waals surface area (Å²) in [5, 5.41) is 17.2. The van der Waals surface area contributed by atoms with E-state index >= 15 is 0 Å². The first-order chi connectivity index (χ1) is 16.1. The molecule has 0 bridgehead atoms. The van der Waals surface area contributed by atoms with E-state index in [9.17, 15) is 14.7 Å². The molecule has 1 aromatic heterocycles. The molecular weight excluding hydrogens is 416 g/mol. The summed E-state index contributed by atoms with van der Waals surface area (Å²) in [7, 11) is 0. The number of rotatable bonds is 6. The van der Waals surface area contributed by atoms with Crippen molar-refractivity contribution in [1.29, 1.82) is 0 Å². The Kier molecular flexibility index (Phi) is 6.07. The molecule has 0 saturated carbocycles. The van der Waals surface area contributed by atoms with Gasteiger partial charge in [-0.2, -0.15) is 0 Å². The third kappa shape index (κ3) is 4.60. The van der Waals surface area contributed by atoms with Crippen LogP contribution in [0.3, 0.4) is 0 Å². The molecule has 3 heterocycles. The highest BCUT2D eigenvalue weighted by atomic mass is 16.3. The molecule has 2 aliphatic rings. The van der Waals surface area contributed by atoms with Gasteiger partial charge in [-0.25, -0.2) is 4.98 Å². The molecule has 1 amide bonds. The highest BCUT2D eigenvalue weighted by molar-refractivity contribution is 5.94. The standard InChI is InChI=1S/C26H28N4O3/c31-24-14-15-27-23-13-12-22(30(23)24)26(33)29-19-8-6-17(7-9-19)16-20-10-11-21(28-20)25(32)18-4-2-1-3-5-18/h1-9,14-15,20-22,25,28,32H,10-13,16H2,(H,29,33)/t20-,21+,22?,25+/m0/s1. The van der Waals surface area contributed by atoms with Crippen molar-refractivity contribution in [3.8, 4) is 0 Å². The quantitative estimate of drug-likeness (QED) is 0.543. The van der Waals surface area contributed by atoms with Gasteiger partial charge in [0.25, 0.3) is 5.56 Å². The van der Waals surface area contributed by atoms with Gasteiger partial charge in [0.2, 0.25) is 5.91 Å². The van der Waals surface area contributed by atoms with Gasteiger partial charge >= 0.3 is 0 Å². The van der Waals surface area contributed by atoms with Gasteiger partial charge in [0.1, 0.15) is 11.9 Å². The zero-order valence-corrected chi connectivity index (χ0v) is 18.4. The highest BCUT2D eigenvalue weighted by Gasteiger charge is 2.31. The maximum absolute atomic E-state index is 12.8. The molecule has 1 unspecified atom stereocenters. The van der Waals surface area contributed by atoms with E-state index < -0.39 is 12.1 Å². The van der Waals surface area contributed by atoms with E-state index in [0.717, 1.165) is 24.8 Å². The predicted molar refractivity (Wildman–Crippen MR) is 126 cm³/mol. The zero-order valence-electron chi connectivity index (χ0n) is 18.4. The first-order valence-corrected chi connectivity index (χ1v) is 11.5. The number of fused-ring (bicyclic) bond motifs is 1. The van der Waals surface area contributed by atoms with Gasteiger partial charge < -0.3 is 15.7 Å². The van der Waals surface area contributed by atoms with Gasteiger partial charge in [0, 0.05) is 36.5 Å². The molecular formula is C26H28N4O3. The van der Waals surface area contributed by atoms with Crippen molar-refractivity contribution in [1.82, 2.24) is 14.9 Å². The average molecular weight is 445 g/mol. The Morgan fingerprint density at radius 1 is 1.09 bits per heavy atom. The molecule has 1 fully saturated rings. The van der Waals surface area contributed by atoms with Crippen LogP contribution < -0.4 is 16.2 Å². The number of carbonyl (C=O) groups is 1. The van der Waals surface area contributed by atoms with Crippen LogP contribution >= 0.6 is 0 Å². The van der Waals surface area contributed by atoms with Gasteiger partial charge in [-0.15, -0.1) is 0 Å². The molecule has 4 atom stereocenters. The lowest BCUT2D eigenvalue weighted by molar-refractivity contribution is -0.119. The minimum Gasteiger partial charge on any atom is -0.387 e. The number of nitrogens with one attached hydrogen (secondary N) is 2. The third-order valence-electron chi connectivity index (χ3n) is 6.71. The van der Waals surface area contributed by atoms with Crippen molar-refractivity contribution in [2.75, 3.05) is 5.32 Å². The van der Waals surface area contributed by atoms with Crippen LogP contribution in [0.25, 0.3) is 0 Å². The minimum absolute atomic E-state index is 0.0585. The second kappa shape index (κ2) is 9.29. The van der Waals surface area contributed by atoms with E-state index in [1.54, 1.807) is 0 Å². The molecule has 1 saturated heterocycles. The largest absolute Gasteiger partial charge is 0.387 e. The van der Waals surface area contributed by atoms with Crippen LogP contribution in [-0.4, -0.2) is 32.6 Å². The number of hydrogen-bond donors (Lipinski definition) is 3. The van der Waals surface area contributed by atoms with Crippen molar-refractivity contribution in [3.05, 3.63) is 94.2 Å². The summed E-state index contributed by atoms with van der Waals surface area (Å²) in [5.41, 5.74) is 2.64. The Morgan fingerprint density at radius 2 is 1.88 bits per heavy atom. The van der Waals surface area contributed by atoms with Crippen LogP contribution in [0.2, 0.25) is 0 Å². The fraction of sp³-hybridized carbons (Fsp3) is 0.346. The maximum Gasteiger partial charge on any atom is 0.254 e. The van der Waals surface area contributed by atoms with Gasteiger partial charge in [0.15, 0.2) is 0 Å². The molecule has 33 heavy (non-hydrogen) atoms. The Bertz CT molecular complexity index is 1180. The summed E-state index contributed by atoms with van der Waals surface area (Å²) in [6.45, 7) is 0. The number of carbonyl (C=O) groups excluding carboxylic acids is 1. The van der Waals surface area contributed by atoms with E-state index in [1.165, 1.54) is 22.4 Å². The average Bonchev–Trinajstić information content (AvgIpc) is 3.49. The van der Waals surface area contributed by atoms with Crippen LogP contribution in [0.4, 0.5) is 5.69 Å². The van der Waals surface area contributed by atoms with Crippen molar-refractivity contribution < 1.29 is 9.90 Å². The van der Waals surface area contributed by atoms with Gasteiger partial charge in [-0.05, 0) is 48.9 Å². The zero-order chi connectivity index (χ0) is 22.8. The lowest BCUT2D eigenvalue weighted by atomic mass is 10.0. The van der Waals surface area contributed by atoms with Crippen LogP contribution in [0, 0.1) is 0 Å². The van der Waals surface area contributed by atoms with Gasteiger partial charge in [-0.1, -0.05) is 42.5 Å². The molecule has 2 aromatic carbocycles. The molecule has 0 spiro atoms. The van der Waals surface area contributed by atoms with Crippen LogP contribution in [-0.2, 0) is 17.6 Å². The second-order valence-electron chi connectivity index (χ2n) is 8.92. The number of aliphatic hydroxyl groups is 1. The SMILES string of the molecule is O=C(Nc1ccc(C[C@@H]2CC[C@H]([C@H](O)c3ccccc3)N2)cc1)C1CCc2nccc(=O)n21. The van der Waals surface area contributed by atoms with Gasteiger partial charge in [0.05, 0.1) is 6.10 Å². The van der Waals surface area contributed by atoms with Crippen molar-refractivity contribution in [3.63, 3.8) is 0 Å². The van der Waals surface area contributed by atoms with E-state index in [1.807, 2.05) is 54.6 Å². The van der Waals surface area contributed by atoms with E-state index in [4.69, 9.17) is 0 Å². The minimum atomic E-state index is -0.517. The number of hydrogen-bond acceptors (Lipinski definition) is 5. The Balaban J connectivity index is 1.17. The monoisotopic (exact) mass is 444 g/mol. The molecule has 5 rings (SSSR count). The van der Waals surface area contributed by atoms with E-state index in [0.29, 0.717) is 30.4 Å². The molecule has 7 heteroatoms. The summed E-state index contributed by atoms with van der Waals surface area (Å²) in [4.78, 5) is 29.1. The van der Waals surface area contributed by atoms with Crippen LogP contribution in [0.5, 0.6) is 0 Å². The van der Waals surface area contributed by atoms with Crippen LogP contribution in [0.15, 0.2) is 71.7 Å². The molecule has 3 aromatic rings. The number of nitrogens with zero attached hydrogens (tertiary/aromatic N) is 2. The number of aromatic nitrogens is 2. The fourth-order valence-corrected chi connectivity index (χ4v) is 5.00. The first-order valence-electron chi connectivity index (χ1n) is 11.5. The van der Waals surface area contributed by atoms with Gasteiger partial charge in [-0.3, -0.25) is 14.2 Å². The number of aliphatic hydroxyl groups excluding tert-OH is 1. The highest BCUT2D eigenvalue weighted by Crippen LogP contribution is 2.27. The summed E-state index contributed by atoms with van der Waals surface area (Å²) < 4.78 is 1.50. The lowest BCUT2D eigenvalue weighted by Crippen LogP contribution is -2.35. The summed E-state index contributed by atoms with van der Waals surface area (Å²) >= 11 is 0. The summed E-state index contributed by atoms with van der Waals surface area (Å²) in [6.07, 6.45) is 5.02. The topological polar surface area (TPSA) is 96.2 Å². The number of amides is 1. The second-order valence-corrected chi connectivity index (χ2v) is 8.92. The number of benzene rings is 2. The number of aryl methyl sites for hydroxylation is 1. The molecule has 170 valence electrons. The molecule has 3 N–H and O–H groups in total. The molecule has 0 radical (unpaired) electrons. The van der Waals surface area contributed by atoms with Crippen molar-refractivity contribution in [2.45, 2.75) is 56.3 Å². The van der Waals surface area contributed by atoms with E-state index in [2.05, 4.69) is 15.6 Å². The maximum atomic E-state index is 12.8. The normalized spacial score (nSPS) is 22.6. The molecule has 0 aliphatic carbocycles. The summed E-state index contributed by atoms with van der Waals surface area (Å²) in [5.74, 6) is 0.476. The fourth-order valence-electron chi connectivity index (χ4n) is 5.00. The Morgan fingerprint density at radius 3 is 2.67 bits per heavy atom. The Labute approximate surface area is 192 Å². The van der Waals surface area contributed by atoms with Crippen LogP contribution in [0.1, 0.15) is 48.4 Å². The smallest absolute Gasteiger partial charge is 0.254 e. The first kappa shape index (κ1) is 21.6. The molecule has 2 aliphatic heterocycles. The molecule has 7 nitrogen and oxygen atoms in total. The third-order valence-corrected chi connectivity index (χ3v) is 6.71. The summed E-state index contributed by atoms with van der Waals surface area (Å²) in [6, 6.07) is 18.9.